The Morgan fingerprint density at radius 3 is 1.22 bits per heavy atom. The molecule has 2 N–H and O–H groups in total. The van der Waals surface area contributed by atoms with E-state index in [1.165, 1.54) is 36.4 Å². The van der Waals surface area contributed by atoms with Crippen LogP contribution in [0.2, 0.25) is 0 Å². The number of hydrogen-bond donors (Lipinski definition) is 2. The normalized spacial score (nSPS) is 20.9. The smallest absolute Gasteiger partial charge is 0.478 e. The van der Waals surface area contributed by atoms with Gasteiger partial charge in [0.25, 0.3) is 0 Å². The molecule has 2 fully saturated rings. The van der Waals surface area contributed by atoms with Crippen LogP contribution in [-0.4, -0.2) is 54.0 Å². The highest BCUT2D eigenvalue weighted by molar-refractivity contribution is 5.94. The van der Waals surface area contributed by atoms with Gasteiger partial charge in [-0.15, -0.1) is 26.3 Å². The number of fused-ring (bicyclic) bond motifs is 2. The molecule has 2 aliphatic carbocycles. The highest BCUT2D eigenvalue weighted by Crippen LogP contribution is 2.48. The molecule has 6 aromatic rings. The number of carboxylic acid groups (broad SMARTS) is 2. The number of rotatable bonds is 8. The first-order valence-corrected chi connectivity index (χ1v) is 21.1. The molecule has 0 saturated heterocycles. The number of imidazole rings is 2. The summed E-state index contributed by atoms with van der Waals surface area (Å²) in [5, 5.41) is 18.7. The van der Waals surface area contributed by atoms with Crippen LogP contribution in [0.25, 0.3) is 44.8 Å². The number of ether oxygens (including phenoxy) is 2. The van der Waals surface area contributed by atoms with Gasteiger partial charge in [0.15, 0.2) is 0 Å². The quantitative estimate of drug-likeness (QED) is 0.145. The van der Waals surface area contributed by atoms with E-state index in [4.69, 9.17) is 9.97 Å². The first-order valence-electron chi connectivity index (χ1n) is 21.1. The molecule has 16 heteroatoms. The Morgan fingerprint density at radius 2 is 0.922 bits per heavy atom. The van der Waals surface area contributed by atoms with Crippen LogP contribution in [0.3, 0.4) is 0 Å². The van der Waals surface area contributed by atoms with E-state index in [-0.39, 0.29) is 45.5 Å². The molecule has 0 aliphatic heterocycles. The summed E-state index contributed by atoms with van der Waals surface area (Å²) in [5.41, 5.74) is 4.54. The Morgan fingerprint density at radius 1 is 0.578 bits per heavy atom. The van der Waals surface area contributed by atoms with Crippen LogP contribution >= 0.6 is 0 Å². The monoisotopic (exact) mass is 892 g/mol. The molecule has 2 aromatic heterocycles. The number of alkyl halides is 6. The molecule has 0 unspecified atom stereocenters. The van der Waals surface area contributed by atoms with Crippen molar-refractivity contribution in [3.63, 3.8) is 0 Å². The largest absolute Gasteiger partial charge is 0.573 e. The summed E-state index contributed by atoms with van der Waals surface area (Å²) in [4.78, 5) is 32.3. The van der Waals surface area contributed by atoms with Crippen molar-refractivity contribution in [1.82, 2.24) is 19.1 Å². The Balaban J connectivity index is 0.000000191. The van der Waals surface area contributed by atoms with Gasteiger partial charge in [0, 0.05) is 23.2 Å². The van der Waals surface area contributed by atoms with Crippen molar-refractivity contribution in [2.75, 3.05) is 0 Å². The van der Waals surface area contributed by atoms with Crippen LogP contribution in [0.4, 0.5) is 26.3 Å². The fraction of sp³-hybridized carbons (Fsp3) is 0.417. The number of aromatic carboxylic acids is 2. The number of benzene rings is 4. The Hall–Kier alpha value is -6.06. The first-order chi connectivity index (χ1) is 29.8. The fourth-order valence-corrected chi connectivity index (χ4v) is 10.2. The van der Waals surface area contributed by atoms with Crippen LogP contribution in [0.5, 0.6) is 11.5 Å². The number of carbonyl (C=O) groups is 2. The predicted molar refractivity (Wildman–Crippen MR) is 229 cm³/mol. The molecule has 4 aromatic carbocycles. The van der Waals surface area contributed by atoms with Crippen LogP contribution in [0.15, 0.2) is 84.9 Å². The van der Waals surface area contributed by atoms with E-state index in [1.807, 2.05) is 0 Å². The molecule has 4 atom stereocenters. The minimum absolute atomic E-state index is 0.127. The highest BCUT2D eigenvalue weighted by Gasteiger charge is 2.37. The topological polar surface area (TPSA) is 129 Å². The minimum atomic E-state index is -4.76. The zero-order valence-corrected chi connectivity index (χ0v) is 36.2. The van der Waals surface area contributed by atoms with Gasteiger partial charge in [-0.3, -0.25) is 0 Å². The van der Waals surface area contributed by atoms with Gasteiger partial charge in [0.05, 0.1) is 33.2 Å². The lowest BCUT2D eigenvalue weighted by atomic mass is 9.70. The lowest BCUT2D eigenvalue weighted by molar-refractivity contribution is -0.275. The van der Waals surface area contributed by atoms with E-state index in [0.717, 1.165) is 49.6 Å². The Kier molecular flexibility index (Phi) is 12.3. The number of aromatic nitrogens is 4. The standard InChI is InChI=1S/2C24H25F3N2O3/c2*1-14-10-17(13-23(2,3)12-14)29-20-9-6-16(22(30)31)11-19(20)28-21(29)15-4-7-18(8-5-15)32-24(25,26)27/h2*4-9,11,14,17H,10,12-13H2,1-3H3,(H,30,31)/t2*14-,17+/m10/s1. The van der Waals surface area contributed by atoms with E-state index in [9.17, 15) is 46.1 Å². The van der Waals surface area contributed by atoms with Crippen molar-refractivity contribution in [3.8, 4) is 34.3 Å². The maximum atomic E-state index is 12.5. The van der Waals surface area contributed by atoms with Crippen LogP contribution < -0.4 is 9.47 Å². The molecule has 0 bridgehead atoms. The first kappa shape index (κ1) is 45.9. The third-order valence-corrected chi connectivity index (χ3v) is 12.0. The Labute approximate surface area is 365 Å². The third-order valence-electron chi connectivity index (χ3n) is 12.0. The Bertz CT molecular complexity index is 2480. The predicted octanol–water partition coefficient (Wildman–Crippen LogP) is 13.4. The summed E-state index contributed by atoms with van der Waals surface area (Å²) < 4.78 is 87.4. The van der Waals surface area contributed by atoms with Crippen molar-refractivity contribution in [2.24, 2.45) is 22.7 Å². The van der Waals surface area contributed by atoms with Gasteiger partial charge in [-0.25, -0.2) is 19.6 Å². The van der Waals surface area contributed by atoms with Crippen molar-refractivity contribution >= 4 is 34.0 Å². The van der Waals surface area contributed by atoms with Crippen molar-refractivity contribution < 1.29 is 55.6 Å². The number of nitrogens with zero attached hydrogens (tertiary/aromatic N) is 4. The van der Waals surface area contributed by atoms with E-state index in [0.29, 0.717) is 45.6 Å². The summed E-state index contributed by atoms with van der Waals surface area (Å²) in [5.74, 6) is -0.473. The summed E-state index contributed by atoms with van der Waals surface area (Å²) in [6.45, 7) is 13.4. The highest BCUT2D eigenvalue weighted by atomic mass is 19.4. The molecule has 64 heavy (non-hydrogen) atoms. The van der Waals surface area contributed by atoms with Gasteiger partial charge in [-0.2, -0.15) is 0 Å². The second-order valence-corrected chi connectivity index (χ2v) is 18.9. The SMILES string of the molecule is C[C@@H]1C[C@H](n2c(-c3ccc(OC(F)(F)F)cc3)nc3cc(C(=O)O)ccc32)CC(C)(C)C1.C[C@H]1C[C@@H](n2c(-c3ccc(OC(F)(F)F)cc3)nc3cc(C(=O)O)ccc32)CC(C)(C)C1. The molecule has 2 aliphatic rings. The molecule has 340 valence electrons. The molecule has 8 rings (SSSR count). The number of carboxylic acids is 2. The van der Waals surface area contributed by atoms with Crippen LogP contribution in [-0.2, 0) is 0 Å². The third kappa shape index (κ3) is 10.6. The molecular weight excluding hydrogens is 843 g/mol. The molecular formula is C48H50F6N4O6. The minimum Gasteiger partial charge on any atom is -0.478 e. The second-order valence-electron chi connectivity index (χ2n) is 18.9. The van der Waals surface area contributed by atoms with Crippen molar-refractivity contribution in [3.05, 3.63) is 96.1 Å². The lowest BCUT2D eigenvalue weighted by Gasteiger charge is -2.40. The molecule has 0 radical (unpaired) electrons. The summed E-state index contributed by atoms with van der Waals surface area (Å²) in [6.07, 6.45) is -3.57. The summed E-state index contributed by atoms with van der Waals surface area (Å²) >= 11 is 0. The van der Waals surface area contributed by atoms with Gasteiger partial charge < -0.3 is 28.8 Å². The van der Waals surface area contributed by atoms with Crippen molar-refractivity contribution in [1.29, 1.82) is 0 Å². The van der Waals surface area contributed by atoms with Gasteiger partial charge in [-0.05, 0) is 146 Å². The summed E-state index contributed by atoms with van der Waals surface area (Å²) in [6, 6.07) is 21.3. The van der Waals surface area contributed by atoms with Crippen LogP contribution in [0.1, 0.15) is 113 Å². The molecule has 2 heterocycles. The number of hydrogen-bond acceptors (Lipinski definition) is 6. The van der Waals surface area contributed by atoms with Gasteiger partial charge >= 0.3 is 24.7 Å². The maximum absolute atomic E-state index is 12.5. The van der Waals surface area contributed by atoms with E-state index in [1.54, 1.807) is 48.5 Å². The number of halogens is 6. The molecule has 0 spiro atoms. The lowest BCUT2D eigenvalue weighted by Crippen LogP contribution is -2.29. The molecule has 0 amide bonds. The maximum Gasteiger partial charge on any atom is 0.573 e. The van der Waals surface area contributed by atoms with Crippen LogP contribution in [0, 0.1) is 22.7 Å². The molecule has 2 saturated carbocycles. The summed E-state index contributed by atoms with van der Waals surface area (Å²) in [7, 11) is 0. The van der Waals surface area contributed by atoms with Crippen molar-refractivity contribution in [2.45, 2.75) is 105 Å². The van der Waals surface area contributed by atoms with E-state index in [2.05, 4.69) is 60.2 Å². The zero-order chi connectivity index (χ0) is 46.5. The van der Waals surface area contributed by atoms with Gasteiger partial charge in [0.1, 0.15) is 23.1 Å². The van der Waals surface area contributed by atoms with Gasteiger partial charge in [-0.1, -0.05) is 41.5 Å². The average molecular weight is 893 g/mol. The fourth-order valence-electron chi connectivity index (χ4n) is 10.2. The van der Waals surface area contributed by atoms with E-state index < -0.39 is 24.7 Å². The average Bonchev–Trinajstić information content (AvgIpc) is 3.74. The second kappa shape index (κ2) is 17.1. The molecule has 10 nitrogen and oxygen atoms in total. The van der Waals surface area contributed by atoms with Gasteiger partial charge in [0.2, 0.25) is 0 Å². The van der Waals surface area contributed by atoms with E-state index >= 15 is 0 Å². The zero-order valence-electron chi connectivity index (χ0n) is 36.2.